The van der Waals surface area contributed by atoms with Crippen molar-refractivity contribution in [3.63, 3.8) is 0 Å². The summed E-state index contributed by atoms with van der Waals surface area (Å²) in [6.45, 7) is 10.6. The molecule has 0 atom stereocenters. The number of benzene rings is 5. The van der Waals surface area contributed by atoms with Gasteiger partial charge < -0.3 is 9.31 Å². The molecule has 1 saturated heterocycles. The van der Waals surface area contributed by atoms with E-state index in [-0.39, 0.29) is 11.2 Å². The van der Waals surface area contributed by atoms with Crippen molar-refractivity contribution in [3.8, 4) is 0 Å². The second-order valence-corrected chi connectivity index (χ2v) is 10.1. The number of hydrogen-bond donors (Lipinski definition) is 0. The van der Waals surface area contributed by atoms with E-state index in [1.54, 1.807) is 0 Å². The van der Waals surface area contributed by atoms with Gasteiger partial charge in [0, 0.05) is 0 Å². The largest absolute Gasteiger partial charge is 0.495 e. The highest BCUT2D eigenvalue weighted by atomic mass is 16.7. The minimum Gasteiger partial charge on any atom is -0.399 e. The summed E-state index contributed by atoms with van der Waals surface area (Å²) >= 11 is 0. The highest BCUT2D eigenvalue weighted by Crippen LogP contribution is 2.41. The normalized spacial score (nSPS) is 17.7. The van der Waals surface area contributed by atoms with Gasteiger partial charge in [-0.05, 0) is 83.2 Å². The predicted molar refractivity (Wildman–Crippen MR) is 137 cm³/mol. The molecule has 0 saturated carbocycles. The third-order valence-electron chi connectivity index (χ3n) is 7.54. The Bertz CT molecular complexity index is 1530. The van der Waals surface area contributed by atoms with Crippen LogP contribution in [0.1, 0.15) is 33.3 Å². The van der Waals surface area contributed by atoms with Crippen molar-refractivity contribution in [3.05, 3.63) is 78.4 Å². The van der Waals surface area contributed by atoms with E-state index in [0.717, 1.165) is 5.46 Å². The van der Waals surface area contributed by atoms with Crippen molar-refractivity contribution < 1.29 is 9.31 Å². The Kier molecular flexibility index (Phi) is 4.06. The lowest BCUT2D eigenvalue weighted by Gasteiger charge is -2.32. The molecule has 5 aromatic carbocycles. The molecule has 0 unspecified atom stereocenters. The fourth-order valence-electron chi connectivity index (χ4n) is 5.12. The average molecular weight is 418 g/mol. The van der Waals surface area contributed by atoms with Gasteiger partial charge >= 0.3 is 7.12 Å². The fraction of sp³-hybridized carbons (Fsp3) is 0.241. The summed E-state index contributed by atoms with van der Waals surface area (Å²) in [5.74, 6) is 0. The van der Waals surface area contributed by atoms with Crippen LogP contribution in [0.4, 0.5) is 0 Å². The summed E-state index contributed by atoms with van der Waals surface area (Å²) in [6.07, 6.45) is 0. The number of fused-ring (bicyclic) bond motifs is 8. The number of hydrogen-bond acceptors (Lipinski definition) is 2. The molecule has 1 aliphatic heterocycles. The van der Waals surface area contributed by atoms with E-state index in [0.29, 0.717) is 0 Å². The smallest absolute Gasteiger partial charge is 0.399 e. The topological polar surface area (TPSA) is 18.5 Å². The lowest BCUT2D eigenvalue weighted by molar-refractivity contribution is 0.00578. The first kappa shape index (κ1) is 19.8. The van der Waals surface area contributed by atoms with E-state index in [4.69, 9.17) is 9.31 Å². The standard InChI is InChI=1S/C29H27BO2/c1-18-14-15-23-24(16-18)19-10-6-7-11-20(19)25-17-26(21-12-8-9-13-22(21)27(23)25)30-31-28(2,3)29(4,5)32-30/h6-17H,1-5H3. The predicted octanol–water partition coefficient (Wildman–Crippen LogP) is 6.91. The van der Waals surface area contributed by atoms with Crippen LogP contribution in [0.2, 0.25) is 0 Å². The molecule has 0 N–H and O–H groups in total. The van der Waals surface area contributed by atoms with Gasteiger partial charge in [0.15, 0.2) is 0 Å². The van der Waals surface area contributed by atoms with Gasteiger partial charge in [0.1, 0.15) is 0 Å². The Morgan fingerprint density at radius 3 is 1.75 bits per heavy atom. The SMILES string of the molecule is Cc1ccc2c(c1)c1ccccc1c1cc(B3OC(C)(C)C(C)(C)O3)c3ccccc3c21. The van der Waals surface area contributed by atoms with Crippen LogP contribution in [0.5, 0.6) is 0 Å². The van der Waals surface area contributed by atoms with Crippen LogP contribution in [-0.2, 0) is 9.31 Å². The van der Waals surface area contributed by atoms with Crippen molar-refractivity contribution >= 4 is 55.7 Å². The summed E-state index contributed by atoms with van der Waals surface area (Å²) in [5.41, 5.74) is 1.62. The second-order valence-electron chi connectivity index (χ2n) is 10.1. The average Bonchev–Trinajstić information content (AvgIpc) is 2.99. The monoisotopic (exact) mass is 418 g/mol. The van der Waals surface area contributed by atoms with Crippen molar-refractivity contribution in [1.82, 2.24) is 0 Å². The Hall–Kier alpha value is -2.88. The van der Waals surface area contributed by atoms with Crippen LogP contribution in [0.25, 0.3) is 43.1 Å². The molecule has 1 heterocycles. The Balaban J connectivity index is 1.79. The zero-order chi connectivity index (χ0) is 22.3. The van der Waals surface area contributed by atoms with E-state index in [9.17, 15) is 0 Å². The van der Waals surface area contributed by atoms with Crippen LogP contribution in [-0.4, -0.2) is 18.3 Å². The summed E-state index contributed by atoms with van der Waals surface area (Å²) in [5, 5.41) is 10.1. The Morgan fingerprint density at radius 2 is 1.09 bits per heavy atom. The molecular formula is C29H27BO2. The first-order valence-corrected chi connectivity index (χ1v) is 11.4. The minimum absolute atomic E-state index is 0.378. The lowest BCUT2D eigenvalue weighted by Crippen LogP contribution is -2.41. The first-order chi connectivity index (χ1) is 15.3. The maximum absolute atomic E-state index is 6.50. The molecule has 2 nitrogen and oxygen atoms in total. The molecule has 1 fully saturated rings. The van der Waals surface area contributed by atoms with Gasteiger partial charge in [-0.3, -0.25) is 0 Å². The van der Waals surface area contributed by atoms with E-state index in [1.807, 2.05) is 0 Å². The van der Waals surface area contributed by atoms with Gasteiger partial charge in [-0.15, -0.1) is 0 Å². The van der Waals surface area contributed by atoms with Gasteiger partial charge in [-0.2, -0.15) is 0 Å². The Labute approximate surface area is 189 Å². The highest BCUT2D eigenvalue weighted by molar-refractivity contribution is 6.66. The molecule has 158 valence electrons. The van der Waals surface area contributed by atoms with E-state index >= 15 is 0 Å². The van der Waals surface area contributed by atoms with E-state index < -0.39 is 7.12 Å². The van der Waals surface area contributed by atoms with Crippen molar-refractivity contribution in [2.75, 3.05) is 0 Å². The zero-order valence-corrected chi connectivity index (χ0v) is 19.3. The summed E-state index contributed by atoms with van der Waals surface area (Å²) in [6, 6.07) is 26.5. The fourth-order valence-corrected chi connectivity index (χ4v) is 5.12. The first-order valence-electron chi connectivity index (χ1n) is 11.4. The van der Waals surface area contributed by atoms with Gasteiger partial charge in [0.25, 0.3) is 0 Å². The Morgan fingerprint density at radius 1 is 0.562 bits per heavy atom. The van der Waals surface area contributed by atoms with Crippen LogP contribution in [0, 0.1) is 6.92 Å². The van der Waals surface area contributed by atoms with Gasteiger partial charge in [-0.1, -0.05) is 78.4 Å². The van der Waals surface area contributed by atoms with Crippen molar-refractivity contribution in [2.45, 2.75) is 45.8 Å². The third-order valence-corrected chi connectivity index (χ3v) is 7.54. The minimum atomic E-state index is -0.401. The molecule has 1 aliphatic rings. The quantitative estimate of drug-likeness (QED) is 0.218. The molecule has 6 rings (SSSR count). The molecule has 0 spiro atoms. The zero-order valence-electron chi connectivity index (χ0n) is 19.3. The van der Waals surface area contributed by atoms with E-state index in [1.165, 1.54) is 48.7 Å². The summed E-state index contributed by atoms with van der Waals surface area (Å²) in [7, 11) is -0.401. The molecule has 32 heavy (non-hydrogen) atoms. The van der Waals surface area contributed by atoms with Crippen LogP contribution < -0.4 is 5.46 Å². The lowest BCUT2D eigenvalue weighted by atomic mass is 9.74. The maximum Gasteiger partial charge on any atom is 0.495 e. The third kappa shape index (κ3) is 2.68. The highest BCUT2D eigenvalue weighted by Gasteiger charge is 2.52. The molecule has 0 aromatic heterocycles. The molecule has 0 aliphatic carbocycles. The summed E-state index contributed by atoms with van der Waals surface area (Å²) < 4.78 is 13.0. The maximum atomic E-state index is 6.50. The van der Waals surface area contributed by atoms with Gasteiger partial charge in [-0.25, -0.2) is 0 Å². The van der Waals surface area contributed by atoms with Crippen molar-refractivity contribution in [1.29, 1.82) is 0 Å². The molecule has 3 heteroatoms. The van der Waals surface area contributed by atoms with Gasteiger partial charge in [0.05, 0.1) is 11.2 Å². The molecule has 0 bridgehead atoms. The van der Waals surface area contributed by atoms with E-state index in [2.05, 4.69) is 107 Å². The van der Waals surface area contributed by atoms with Crippen molar-refractivity contribution in [2.24, 2.45) is 0 Å². The van der Waals surface area contributed by atoms with Gasteiger partial charge in [0.2, 0.25) is 0 Å². The number of aryl methyl sites for hydroxylation is 1. The molecule has 0 amide bonds. The molecule has 5 aromatic rings. The number of rotatable bonds is 1. The molecular weight excluding hydrogens is 391 g/mol. The second kappa shape index (κ2) is 6.57. The van der Waals surface area contributed by atoms with Crippen LogP contribution in [0.3, 0.4) is 0 Å². The van der Waals surface area contributed by atoms with Crippen LogP contribution in [0.15, 0.2) is 72.8 Å². The van der Waals surface area contributed by atoms with Crippen LogP contribution >= 0.6 is 0 Å². The molecule has 0 radical (unpaired) electrons. The summed E-state index contributed by atoms with van der Waals surface area (Å²) in [4.78, 5) is 0.